The first-order valence-corrected chi connectivity index (χ1v) is 13.5. The minimum atomic E-state index is -3.82. The number of nitrogens with one attached hydrogen (secondary N) is 2. The summed E-state index contributed by atoms with van der Waals surface area (Å²) in [5.74, 6) is -0.447. The number of anilines is 1. The van der Waals surface area contributed by atoms with E-state index in [0.717, 1.165) is 23.1 Å². The number of aromatic nitrogens is 4. The highest BCUT2D eigenvalue weighted by molar-refractivity contribution is 7.89. The number of pyridine rings is 2. The van der Waals surface area contributed by atoms with Crippen molar-refractivity contribution in [1.29, 1.82) is 0 Å². The number of hydrogen-bond donors (Lipinski definition) is 2. The third-order valence-electron chi connectivity index (χ3n) is 5.79. The van der Waals surface area contributed by atoms with Gasteiger partial charge in [0.2, 0.25) is 10.0 Å². The smallest absolute Gasteiger partial charge is 0.285 e. The number of rotatable bonds is 6. The molecule has 12 heteroatoms. The Morgan fingerprint density at radius 3 is 2.54 bits per heavy atom. The number of fused-ring (bicyclic) bond motifs is 1. The van der Waals surface area contributed by atoms with E-state index in [1.807, 2.05) is 37.6 Å². The summed E-state index contributed by atoms with van der Waals surface area (Å²) < 4.78 is 26.6. The van der Waals surface area contributed by atoms with Crippen LogP contribution in [0, 0.1) is 13.8 Å². The number of nitrogens with zero attached hydrogens (tertiary/aromatic N) is 4. The van der Waals surface area contributed by atoms with Crippen molar-refractivity contribution in [2.75, 3.05) is 11.6 Å². The van der Waals surface area contributed by atoms with Gasteiger partial charge in [0, 0.05) is 30.1 Å². The molecule has 0 aliphatic rings. The van der Waals surface area contributed by atoms with Crippen molar-refractivity contribution in [1.82, 2.24) is 24.2 Å². The van der Waals surface area contributed by atoms with Gasteiger partial charge in [-0.05, 0) is 56.7 Å². The molecule has 1 aromatic carbocycles. The number of hydrogen-bond acceptors (Lipinski definition) is 8. The van der Waals surface area contributed by atoms with Crippen molar-refractivity contribution in [2.24, 2.45) is 7.05 Å². The Morgan fingerprint density at radius 2 is 1.86 bits per heavy atom. The summed E-state index contributed by atoms with van der Waals surface area (Å²) in [6.07, 6.45) is 2.55. The van der Waals surface area contributed by atoms with E-state index in [0.29, 0.717) is 22.3 Å². The first-order valence-electron chi connectivity index (χ1n) is 11.2. The molecule has 4 aromatic rings. The number of sulfonamides is 1. The molecule has 0 aliphatic carbocycles. The van der Waals surface area contributed by atoms with Crippen molar-refractivity contribution in [3.8, 4) is 11.4 Å². The van der Waals surface area contributed by atoms with E-state index in [2.05, 4.69) is 15.3 Å². The third kappa shape index (κ3) is 5.47. The molecule has 0 spiro atoms. The fourth-order valence-electron chi connectivity index (χ4n) is 4.10. The van der Waals surface area contributed by atoms with Crippen LogP contribution in [0.5, 0.6) is 0 Å². The number of amides is 1. The van der Waals surface area contributed by atoms with Crippen LogP contribution in [-0.2, 0) is 17.1 Å². The molecule has 2 N–H and O–H groups in total. The van der Waals surface area contributed by atoms with Crippen molar-refractivity contribution in [2.45, 2.75) is 26.8 Å². The molecule has 0 radical (unpaired) electrons. The van der Waals surface area contributed by atoms with Crippen molar-refractivity contribution < 1.29 is 13.2 Å². The van der Waals surface area contributed by atoms with Gasteiger partial charge in [-0.2, -0.15) is 0 Å². The highest BCUT2D eigenvalue weighted by Crippen LogP contribution is 2.29. The van der Waals surface area contributed by atoms with Gasteiger partial charge in [-0.25, -0.2) is 23.1 Å². The monoisotopic (exact) mass is 540 g/mol. The summed E-state index contributed by atoms with van der Waals surface area (Å²) in [6.45, 7) is 5.57. The Kier molecular flexibility index (Phi) is 7.03. The molecule has 4 rings (SSSR count). The fraction of sp³-hybridized carbons (Fsp3) is 0.240. The zero-order chi connectivity index (χ0) is 27.1. The number of aryl methyl sites for hydroxylation is 2. The quantitative estimate of drug-likeness (QED) is 0.354. The molecule has 192 valence electrons. The molecule has 3 heterocycles. The molecule has 3 aromatic heterocycles. The van der Waals surface area contributed by atoms with E-state index in [4.69, 9.17) is 16.6 Å². The summed E-state index contributed by atoms with van der Waals surface area (Å²) in [6, 6.07) is 9.91. The molecule has 1 amide bonds. The van der Waals surface area contributed by atoms with Gasteiger partial charge in [-0.3, -0.25) is 19.1 Å². The van der Waals surface area contributed by atoms with E-state index >= 15 is 0 Å². The molecule has 1 atom stereocenters. The van der Waals surface area contributed by atoms with Gasteiger partial charge in [-0.15, -0.1) is 0 Å². The highest BCUT2D eigenvalue weighted by Gasteiger charge is 2.22. The Hall–Kier alpha value is -3.83. The lowest BCUT2D eigenvalue weighted by molar-refractivity contribution is 0.0977. The topological polar surface area (TPSA) is 136 Å². The Bertz CT molecular complexity index is 1720. The molecule has 0 aliphatic heterocycles. The zero-order valence-corrected chi connectivity index (χ0v) is 22.4. The van der Waals surface area contributed by atoms with Gasteiger partial charge in [-0.1, -0.05) is 17.7 Å². The average Bonchev–Trinajstić information content (AvgIpc) is 2.81. The molecular formula is C25H25ClN6O4S. The summed E-state index contributed by atoms with van der Waals surface area (Å²) in [4.78, 5) is 39.2. The van der Waals surface area contributed by atoms with Gasteiger partial charge in [0.25, 0.3) is 11.5 Å². The lowest BCUT2D eigenvalue weighted by atomic mass is 10.0. The molecule has 37 heavy (non-hydrogen) atoms. The fourth-order valence-corrected chi connectivity index (χ4v) is 4.68. The summed E-state index contributed by atoms with van der Waals surface area (Å²) in [7, 11) is -2.15. The van der Waals surface area contributed by atoms with Gasteiger partial charge >= 0.3 is 0 Å². The minimum absolute atomic E-state index is 0.0273. The lowest BCUT2D eigenvalue weighted by Crippen LogP contribution is -2.31. The number of carbonyl (C=O) groups excluding carboxylic acids is 1. The van der Waals surface area contributed by atoms with Crippen LogP contribution >= 0.6 is 11.6 Å². The van der Waals surface area contributed by atoms with Crippen LogP contribution in [0.3, 0.4) is 0 Å². The van der Waals surface area contributed by atoms with Crippen LogP contribution in [0.1, 0.15) is 40.3 Å². The predicted molar refractivity (Wildman–Crippen MR) is 143 cm³/mol. The van der Waals surface area contributed by atoms with Crippen LogP contribution in [0.4, 0.5) is 5.69 Å². The highest BCUT2D eigenvalue weighted by atomic mass is 35.5. The first-order chi connectivity index (χ1) is 17.4. The maximum Gasteiger partial charge on any atom is 0.285 e. The maximum atomic E-state index is 13.4. The van der Waals surface area contributed by atoms with Crippen molar-refractivity contribution >= 4 is 44.1 Å². The van der Waals surface area contributed by atoms with Crippen LogP contribution in [0.25, 0.3) is 22.3 Å². The molecule has 10 nitrogen and oxygen atoms in total. The Morgan fingerprint density at radius 1 is 1.14 bits per heavy atom. The molecule has 0 saturated heterocycles. The number of benzene rings is 1. The second-order valence-electron chi connectivity index (χ2n) is 8.79. The second-order valence-corrected chi connectivity index (χ2v) is 10.9. The average molecular weight is 541 g/mol. The Labute approximate surface area is 218 Å². The SMILES string of the molecule is Cc1cc([C@@H](C)Nc2ccc(Cl)nc2C(=O)NS(C)(=O)=O)c2nc(-c3cccnc3C)n(C)c(=O)c2c1. The third-order valence-corrected chi connectivity index (χ3v) is 6.56. The van der Waals surface area contributed by atoms with Crippen LogP contribution in [0.15, 0.2) is 47.4 Å². The standard InChI is InChI=1S/C25H25ClN6O4S/c1-13-11-17(15(3)28-19-8-9-20(26)29-22(19)24(33)31-37(5,35)36)21-18(12-13)25(34)32(4)23(30-21)16-7-6-10-27-14(16)2/h6-12,15,28H,1-5H3,(H,31,33)/t15-/m1/s1. The van der Waals surface area contributed by atoms with Crippen LogP contribution in [0.2, 0.25) is 5.15 Å². The summed E-state index contributed by atoms with van der Waals surface area (Å²) in [5.41, 5.74) is 3.40. The van der Waals surface area contributed by atoms with Gasteiger partial charge in [0.05, 0.1) is 28.9 Å². The van der Waals surface area contributed by atoms with Crippen molar-refractivity contribution in [3.05, 3.63) is 80.6 Å². The van der Waals surface area contributed by atoms with E-state index in [1.54, 1.807) is 25.4 Å². The van der Waals surface area contributed by atoms with Gasteiger partial charge in [0.15, 0.2) is 5.69 Å². The largest absolute Gasteiger partial charge is 0.377 e. The van der Waals surface area contributed by atoms with Crippen molar-refractivity contribution in [3.63, 3.8) is 0 Å². The number of carbonyl (C=O) groups is 1. The van der Waals surface area contributed by atoms with E-state index < -0.39 is 22.0 Å². The summed E-state index contributed by atoms with van der Waals surface area (Å²) >= 11 is 5.98. The van der Waals surface area contributed by atoms with E-state index in [-0.39, 0.29) is 22.1 Å². The number of halogens is 1. The molecule has 0 bridgehead atoms. The first kappa shape index (κ1) is 26.2. The maximum absolute atomic E-state index is 13.4. The molecule has 0 fully saturated rings. The zero-order valence-electron chi connectivity index (χ0n) is 20.8. The normalized spacial score (nSPS) is 12.4. The van der Waals surface area contributed by atoms with Gasteiger partial charge in [0.1, 0.15) is 11.0 Å². The minimum Gasteiger partial charge on any atom is -0.377 e. The predicted octanol–water partition coefficient (Wildman–Crippen LogP) is 3.52. The van der Waals surface area contributed by atoms with E-state index in [1.165, 1.54) is 16.7 Å². The van der Waals surface area contributed by atoms with Gasteiger partial charge < -0.3 is 5.32 Å². The molecule has 0 unspecified atom stereocenters. The lowest BCUT2D eigenvalue weighted by Gasteiger charge is -2.20. The molecule has 0 saturated carbocycles. The van der Waals surface area contributed by atoms with E-state index in [9.17, 15) is 18.0 Å². The van der Waals surface area contributed by atoms with Crippen LogP contribution < -0.4 is 15.6 Å². The summed E-state index contributed by atoms with van der Waals surface area (Å²) in [5, 5.41) is 3.68. The molecular weight excluding hydrogens is 516 g/mol. The van der Waals surface area contributed by atoms with Crippen LogP contribution in [-0.4, -0.2) is 40.1 Å². The Balaban J connectivity index is 1.85. The second kappa shape index (κ2) is 9.91.